The number of halogens is 1. The van der Waals surface area contributed by atoms with Crippen molar-refractivity contribution >= 4 is 8.89 Å². The van der Waals surface area contributed by atoms with Crippen LogP contribution in [0.2, 0.25) is 0 Å². The number of unbranched alkanes of at least 4 members (excludes halogenated alkanes) is 1. The van der Waals surface area contributed by atoms with Crippen molar-refractivity contribution in [1.29, 1.82) is 0 Å². The van der Waals surface area contributed by atoms with Crippen LogP contribution in [0.1, 0.15) is 52.9 Å². The van der Waals surface area contributed by atoms with Gasteiger partial charge in [0.15, 0.2) is 0 Å². The molecule has 0 bridgehead atoms. The molecule has 0 aromatic carbocycles. The van der Waals surface area contributed by atoms with Gasteiger partial charge in [0.05, 0.1) is 14.0 Å². The van der Waals surface area contributed by atoms with E-state index in [2.05, 4.69) is 13.8 Å². The van der Waals surface area contributed by atoms with Crippen LogP contribution in [0.5, 0.6) is 0 Å². The monoisotopic (exact) mass is 258 g/mol. The van der Waals surface area contributed by atoms with E-state index in [1.165, 1.54) is 5.57 Å². The molecular formula is C13H24FN2P. The van der Waals surface area contributed by atoms with Gasteiger partial charge < -0.3 is 11.5 Å². The highest BCUT2D eigenvalue weighted by Gasteiger charge is 2.36. The quantitative estimate of drug-likeness (QED) is 0.738. The lowest BCUT2D eigenvalue weighted by Gasteiger charge is -2.20. The Balaban J connectivity index is 2.93. The molecule has 17 heavy (non-hydrogen) atoms. The van der Waals surface area contributed by atoms with Gasteiger partial charge in [-0.1, -0.05) is 18.9 Å². The Morgan fingerprint density at radius 2 is 2.18 bits per heavy atom. The summed E-state index contributed by atoms with van der Waals surface area (Å²) in [7, 11) is -0.643. The molecule has 2 nitrogen and oxygen atoms in total. The maximum absolute atomic E-state index is 13.0. The molecule has 0 aromatic heterocycles. The lowest BCUT2D eigenvalue weighted by molar-refractivity contribution is 0.680. The predicted octanol–water partition coefficient (Wildman–Crippen LogP) is 3.74. The summed E-state index contributed by atoms with van der Waals surface area (Å²) in [6, 6.07) is 0. The molecule has 2 unspecified atom stereocenters. The Kier molecular flexibility index (Phi) is 5.00. The number of nitrogens with two attached hydrogens (primary N) is 2. The molecular weight excluding hydrogens is 234 g/mol. The summed E-state index contributed by atoms with van der Waals surface area (Å²) in [5, 5.41) is -0.467. The van der Waals surface area contributed by atoms with E-state index in [0.717, 1.165) is 43.4 Å². The Morgan fingerprint density at radius 1 is 1.53 bits per heavy atom. The smallest absolute Gasteiger partial charge is 0.0791 e. The van der Waals surface area contributed by atoms with Crippen LogP contribution in [-0.2, 0) is 0 Å². The van der Waals surface area contributed by atoms with Gasteiger partial charge in [0.1, 0.15) is 0 Å². The number of rotatable bonds is 5. The number of hydrogen-bond donors (Lipinski definition) is 2. The Bertz CT molecular complexity index is 349. The Hall–Kier alpha value is -0.560. The molecule has 0 heterocycles. The lowest BCUT2D eigenvalue weighted by atomic mass is 10.0. The summed E-state index contributed by atoms with van der Waals surface area (Å²) in [5.41, 5.74) is 15.9. The second-order valence-corrected chi connectivity index (χ2v) is 6.41. The first-order chi connectivity index (χ1) is 7.96. The van der Waals surface area contributed by atoms with E-state index >= 15 is 0 Å². The van der Waals surface area contributed by atoms with Crippen molar-refractivity contribution in [2.75, 3.05) is 0 Å². The zero-order valence-electron chi connectivity index (χ0n) is 11.1. The van der Waals surface area contributed by atoms with Gasteiger partial charge in [-0.3, -0.25) is 0 Å². The van der Waals surface area contributed by atoms with Gasteiger partial charge >= 0.3 is 0 Å². The Morgan fingerprint density at radius 3 is 2.65 bits per heavy atom. The molecule has 0 saturated carbocycles. The minimum absolute atomic E-state index is 0.467. The Labute approximate surface area is 106 Å². The molecule has 0 aromatic rings. The van der Waals surface area contributed by atoms with Crippen molar-refractivity contribution in [3.05, 3.63) is 22.5 Å². The summed E-state index contributed by atoms with van der Waals surface area (Å²) >= 11 is 0. The molecule has 4 heteroatoms. The largest absolute Gasteiger partial charge is 0.401 e. The van der Waals surface area contributed by atoms with E-state index in [1.54, 1.807) is 0 Å². The molecule has 2 atom stereocenters. The fourth-order valence-electron chi connectivity index (χ4n) is 2.19. The van der Waals surface area contributed by atoms with E-state index in [4.69, 9.17) is 11.5 Å². The third kappa shape index (κ3) is 3.01. The van der Waals surface area contributed by atoms with Crippen LogP contribution in [0.3, 0.4) is 0 Å². The number of hydrogen-bond acceptors (Lipinski definition) is 2. The molecule has 0 aliphatic heterocycles. The summed E-state index contributed by atoms with van der Waals surface area (Å²) in [4.78, 5) is 0. The zero-order chi connectivity index (χ0) is 13.1. The maximum Gasteiger partial charge on any atom is 0.0791 e. The highest BCUT2D eigenvalue weighted by Crippen LogP contribution is 2.48. The average Bonchev–Trinajstić information content (AvgIpc) is 2.63. The minimum Gasteiger partial charge on any atom is -0.401 e. The van der Waals surface area contributed by atoms with Crippen LogP contribution in [-0.4, -0.2) is 5.16 Å². The summed E-state index contributed by atoms with van der Waals surface area (Å²) in [6.45, 7) is 6.11. The molecule has 0 spiro atoms. The fourth-order valence-corrected chi connectivity index (χ4v) is 2.66. The normalized spacial score (nSPS) is 27.1. The van der Waals surface area contributed by atoms with Crippen LogP contribution in [0.15, 0.2) is 22.5 Å². The molecule has 0 radical (unpaired) electrons. The third-order valence-electron chi connectivity index (χ3n) is 3.69. The molecule has 1 rings (SSSR count). The molecule has 0 saturated heterocycles. The van der Waals surface area contributed by atoms with Crippen molar-refractivity contribution in [1.82, 2.24) is 0 Å². The van der Waals surface area contributed by atoms with Gasteiger partial charge in [0.25, 0.3) is 0 Å². The average molecular weight is 258 g/mol. The van der Waals surface area contributed by atoms with Crippen LogP contribution in [0, 0.1) is 0 Å². The van der Waals surface area contributed by atoms with E-state index in [-0.39, 0.29) is 0 Å². The molecule has 0 amide bonds. The molecule has 4 N–H and O–H groups in total. The molecule has 98 valence electrons. The van der Waals surface area contributed by atoms with Crippen LogP contribution in [0.25, 0.3) is 0 Å². The molecule has 1 aliphatic carbocycles. The van der Waals surface area contributed by atoms with Gasteiger partial charge in [-0.05, 0) is 45.1 Å². The number of allylic oxidation sites excluding steroid dienone is 3. The van der Waals surface area contributed by atoms with Crippen molar-refractivity contribution in [3.63, 3.8) is 0 Å². The van der Waals surface area contributed by atoms with Crippen LogP contribution in [0.4, 0.5) is 4.20 Å². The van der Waals surface area contributed by atoms with E-state index in [1.807, 2.05) is 6.92 Å². The minimum atomic E-state index is -0.643. The van der Waals surface area contributed by atoms with Crippen molar-refractivity contribution in [2.24, 2.45) is 11.5 Å². The van der Waals surface area contributed by atoms with Gasteiger partial charge in [0, 0.05) is 11.4 Å². The van der Waals surface area contributed by atoms with Crippen LogP contribution < -0.4 is 11.5 Å². The first-order valence-electron chi connectivity index (χ1n) is 6.28. The highest BCUT2D eigenvalue weighted by molar-refractivity contribution is 7.34. The standard InChI is InChI=1S/C13H24FN2P/c1-4-5-6-9(2)11(15)10-7-8-13(3,17-14)12(10)16/h17H,4-8,15-16H2,1-3H3/b11-9-. The van der Waals surface area contributed by atoms with Gasteiger partial charge in [-0.25, -0.2) is 4.20 Å². The SMILES string of the molecule is CCCC/C(C)=C(\N)C1=C(N)C(C)(PF)CC1. The summed E-state index contributed by atoms with van der Waals surface area (Å²) in [5.74, 6) is 0. The second kappa shape index (κ2) is 5.86. The first kappa shape index (κ1) is 14.5. The summed E-state index contributed by atoms with van der Waals surface area (Å²) in [6.07, 6.45) is 4.90. The van der Waals surface area contributed by atoms with Crippen molar-refractivity contribution in [3.8, 4) is 0 Å². The summed E-state index contributed by atoms with van der Waals surface area (Å²) < 4.78 is 13.0. The van der Waals surface area contributed by atoms with E-state index in [0.29, 0.717) is 5.70 Å². The first-order valence-corrected chi connectivity index (χ1v) is 7.16. The predicted molar refractivity (Wildman–Crippen MR) is 74.7 cm³/mol. The second-order valence-electron chi connectivity index (χ2n) is 5.12. The van der Waals surface area contributed by atoms with Gasteiger partial charge in [-0.15, -0.1) is 0 Å². The fraction of sp³-hybridized carbons (Fsp3) is 0.692. The molecule has 0 fully saturated rings. The van der Waals surface area contributed by atoms with E-state index in [9.17, 15) is 4.20 Å². The van der Waals surface area contributed by atoms with E-state index < -0.39 is 14.0 Å². The van der Waals surface area contributed by atoms with Crippen molar-refractivity contribution < 1.29 is 4.20 Å². The third-order valence-corrected chi connectivity index (χ3v) is 4.63. The van der Waals surface area contributed by atoms with Crippen LogP contribution >= 0.6 is 8.89 Å². The van der Waals surface area contributed by atoms with Gasteiger partial charge in [-0.2, -0.15) is 0 Å². The zero-order valence-corrected chi connectivity index (χ0v) is 12.1. The lowest BCUT2D eigenvalue weighted by Crippen LogP contribution is -2.23. The molecule has 1 aliphatic rings. The van der Waals surface area contributed by atoms with Crippen molar-refractivity contribution in [2.45, 2.75) is 58.0 Å². The maximum atomic E-state index is 13.0. The topological polar surface area (TPSA) is 52.0 Å². The highest BCUT2D eigenvalue weighted by atomic mass is 31.1. The van der Waals surface area contributed by atoms with Gasteiger partial charge in [0.2, 0.25) is 0 Å².